The normalized spacial score (nSPS) is 11.3. The summed E-state index contributed by atoms with van der Waals surface area (Å²) < 4.78 is 17.1. The highest BCUT2D eigenvalue weighted by Crippen LogP contribution is 2.27. The standard InChI is InChI=1S/C19H21BrN2O5/c1-4-26-16-10-5-13(11-17(16)25-3)19(24)22-21-18(23)12(2)27-15-8-6-14(20)7-9-15/h5-12H,4H2,1-3H3,(H,21,23)(H,22,24)/t12-/m0/s1. The third-order valence-electron chi connectivity index (χ3n) is 3.52. The molecule has 0 aliphatic heterocycles. The summed E-state index contributed by atoms with van der Waals surface area (Å²) in [6.07, 6.45) is -0.790. The second-order valence-corrected chi connectivity index (χ2v) is 6.37. The first-order chi connectivity index (χ1) is 12.9. The van der Waals surface area contributed by atoms with Gasteiger partial charge in [0.05, 0.1) is 13.7 Å². The first-order valence-corrected chi connectivity index (χ1v) is 9.07. The number of hydrogen-bond acceptors (Lipinski definition) is 5. The highest BCUT2D eigenvalue weighted by molar-refractivity contribution is 9.10. The van der Waals surface area contributed by atoms with Gasteiger partial charge in [0, 0.05) is 10.0 Å². The minimum atomic E-state index is -0.790. The molecule has 0 aromatic heterocycles. The smallest absolute Gasteiger partial charge is 0.279 e. The molecule has 0 fully saturated rings. The molecule has 1 atom stereocenters. The molecule has 144 valence electrons. The average Bonchev–Trinajstić information content (AvgIpc) is 2.68. The van der Waals surface area contributed by atoms with E-state index in [0.29, 0.717) is 29.4 Å². The van der Waals surface area contributed by atoms with Crippen LogP contribution < -0.4 is 25.1 Å². The van der Waals surface area contributed by atoms with Crippen molar-refractivity contribution in [3.05, 3.63) is 52.5 Å². The van der Waals surface area contributed by atoms with E-state index >= 15 is 0 Å². The summed E-state index contributed by atoms with van der Waals surface area (Å²) >= 11 is 3.33. The number of ether oxygens (including phenoxy) is 3. The van der Waals surface area contributed by atoms with E-state index in [0.717, 1.165) is 4.47 Å². The molecular weight excluding hydrogens is 416 g/mol. The van der Waals surface area contributed by atoms with Gasteiger partial charge in [-0.2, -0.15) is 0 Å². The molecule has 2 amide bonds. The SMILES string of the molecule is CCOc1ccc(C(=O)NNC(=O)[C@H](C)Oc2ccc(Br)cc2)cc1OC. The average molecular weight is 437 g/mol. The van der Waals surface area contributed by atoms with E-state index in [4.69, 9.17) is 14.2 Å². The van der Waals surface area contributed by atoms with Gasteiger partial charge >= 0.3 is 0 Å². The second-order valence-electron chi connectivity index (χ2n) is 5.46. The monoisotopic (exact) mass is 436 g/mol. The van der Waals surface area contributed by atoms with Crippen molar-refractivity contribution in [2.45, 2.75) is 20.0 Å². The maximum absolute atomic E-state index is 12.2. The van der Waals surface area contributed by atoms with Crippen molar-refractivity contribution >= 4 is 27.7 Å². The van der Waals surface area contributed by atoms with Gasteiger partial charge in [-0.25, -0.2) is 0 Å². The number of methoxy groups -OCH3 is 1. The predicted octanol–water partition coefficient (Wildman–Crippen LogP) is 3.08. The molecule has 0 unspecified atom stereocenters. The minimum Gasteiger partial charge on any atom is -0.493 e. The van der Waals surface area contributed by atoms with Crippen LogP contribution in [0.25, 0.3) is 0 Å². The van der Waals surface area contributed by atoms with Crippen LogP contribution in [-0.2, 0) is 4.79 Å². The number of rotatable bonds is 7. The molecule has 0 saturated heterocycles. The molecule has 0 aliphatic rings. The molecule has 7 nitrogen and oxygen atoms in total. The van der Waals surface area contributed by atoms with E-state index in [1.165, 1.54) is 13.2 Å². The largest absolute Gasteiger partial charge is 0.493 e. The lowest BCUT2D eigenvalue weighted by atomic mass is 10.2. The molecule has 2 N–H and O–H groups in total. The molecule has 2 aromatic carbocycles. The Morgan fingerprint density at radius 1 is 1.07 bits per heavy atom. The van der Waals surface area contributed by atoms with Gasteiger partial charge < -0.3 is 14.2 Å². The maximum atomic E-state index is 12.2. The number of carbonyl (C=O) groups is 2. The summed E-state index contributed by atoms with van der Waals surface area (Å²) in [5.41, 5.74) is 5.02. The van der Waals surface area contributed by atoms with E-state index in [2.05, 4.69) is 26.8 Å². The fourth-order valence-corrected chi connectivity index (χ4v) is 2.41. The quantitative estimate of drug-likeness (QED) is 0.651. The Bertz CT molecular complexity index is 795. The third-order valence-corrected chi connectivity index (χ3v) is 4.05. The number of carbonyl (C=O) groups excluding carboxylic acids is 2. The predicted molar refractivity (Wildman–Crippen MR) is 104 cm³/mol. The zero-order chi connectivity index (χ0) is 19.8. The van der Waals surface area contributed by atoms with Crippen LogP contribution in [-0.4, -0.2) is 31.6 Å². The van der Waals surface area contributed by atoms with E-state index < -0.39 is 17.9 Å². The lowest BCUT2D eigenvalue weighted by Gasteiger charge is -2.15. The molecule has 0 aliphatic carbocycles. The summed E-state index contributed by atoms with van der Waals surface area (Å²) in [5, 5.41) is 0. The summed E-state index contributed by atoms with van der Waals surface area (Å²) in [7, 11) is 1.49. The lowest BCUT2D eigenvalue weighted by molar-refractivity contribution is -0.128. The van der Waals surface area contributed by atoms with Gasteiger partial charge in [0.15, 0.2) is 17.6 Å². The van der Waals surface area contributed by atoms with E-state index in [-0.39, 0.29) is 0 Å². The van der Waals surface area contributed by atoms with Crippen LogP contribution >= 0.6 is 15.9 Å². The van der Waals surface area contributed by atoms with Crippen molar-refractivity contribution in [3.63, 3.8) is 0 Å². The molecular formula is C19H21BrN2O5. The Kier molecular flexibility index (Phi) is 7.48. The van der Waals surface area contributed by atoms with Crippen LogP contribution in [0.3, 0.4) is 0 Å². The van der Waals surface area contributed by atoms with Crippen molar-refractivity contribution in [1.82, 2.24) is 10.9 Å². The Labute approximate surface area is 166 Å². The van der Waals surface area contributed by atoms with Crippen LogP contribution in [0.4, 0.5) is 0 Å². The van der Waals surface area contributed by atoms with Gasteiger partial charge in [-0.1, -0.05) is 15.9 Å². The minimum absolute atomic E-state index is 0.317. The Morgan fingerprint density at radius 2 is 1.78 bits per heavy atom. The van der Waals surface area contributed by atoms with Gasteiger partial charge in [-0.3, -0.25) is 20.4 Å². The Balaban J connectivity index is 1.92. The van der Waals surface area contributed by atoms with Gasteiger partial charge in [0.1, 0.15) is 5.75 Å². The first kappa shape index (κ1) is 20.6. The van der Waals surface area contributed by atoms with Crippen LogP contribution in [0.5, 0.6) is 17.2 Å². The van der Waals surface area contributed by atoms with Crippen molar-refractivity contribution in [3.8, 4) is 17.2 Å². The third kappa shape index (κ3) is 5.89. The molecule has 2 aromatic rings. The van der Waals surface area contributed by atoms with Crippen LogP contribution in [0.15, 0.2) is 46.9 Å². The van der Waals surface area contributed by atoms with Crippen LogP contribution in [0.1, 0.15) is 24.2 Å². The number of hydrogen-bond donors (Lipinski definition) is 2. The molecule has 0 saturated carbocycles. The highest BCUT2D eigenvalue weighted by Gasteiger charge is 2.17. The van der Waals surface area contributed by atoms with Gasteiger partial charge in [0.2, 0.25) is 0 Å². The zero-order valence-electron chi connectivity index (χ0n) is 15.2. The summed E-state index contributed by atoms with van der Waals surface area (Å²) in [6.45, 7) is 3.92. The lowest BCUT2D eigenvalue weighted by Crippen LogP contribution is -2.47. The zero-order valence-corrected chi connectivity index (χ0v) is 16.8. The van der Waals surface area contributed by atoms with Crippen molar-refractivity contribution in [1.29, 1.82) is 0 Å². The van der Waals surface area contributed by atoms with Gasteiger partial charge in [-0.05, 0) is 56.3 Å². The van der Waals surface area contributed by atoms with Gasteiger partial charge in [-0.15, -0.1) is 0 Å². The fraction of sp³-hybridized carbons (Fsp3) is 0.263. The molecule has 0 spiro atoms. The number of amides is 2. The summed E-state index contributed by atoms with van der Waals surface area (Å²) in [4.78, 5) is 24.3. The molecule has 0 heterocycles. The maximum Gasteiger partial charge on any atom is 0.279 e. The summed E-state index contributed by atoms with van der Waals surface area (Å²) in [5.74, 6) is 0.549. The van der Waals surface area contributed by atoms with E-state index in [1.54, 1.807) is 43.3 Å². The molecule has 27 heavy (non-hydrogen) atoms. The second kappa shape index (κ2) is 9.82. The number of benzene rings is 2. The van der Waals surface area contributed by atoms with E-state index in [1.807, 2.05) is 6.92 Å². The molecule has 8 heteroatoms. The number of hydrazine groups is 1. The summed E-state index contributed by atoms with van der Waals surface area (Å²) in [6, 6.07) is 11.8. The molecule has 0 radical (unpaired) electrons. The van der Waals surface area contributed by atoms with Crippen molar-refractivity contribution in [2.24, 2.45) is 0 Å². The van der Waals surface area contributed by atoms with Crippen LogP contribution in [0, 0.1) is 0 Å². The highest BCUT2D eigenvalue weighted by atomic mass is 79.9. The van der Waals surface area contributed by atoms with Crippen molar-refractivity contribution < 1.29 is 23.8 Å². The van der Waals surface area contributed by atoms with Crippen molar-refractivity contribution in [2.75, 3.05) is 13.7 Å². The Hall–Kier alpha value is -2.74. The molecule has 0 bridgehead atoms. The number of halogens is 1. The fourth-order valence-electron chi connectivity index (χ4n) is 2.15. The topological polar surface area (TPSA) is 85.9 Å². The number of nitrogens with one attached hydrogen (secondary N) is 2. The first-order valence-electron chi connectivity index (χ1n) is 8.27. The molecule has 2 rings (SSSR count). The van der Waals surface area contributed by atoms with Crippen LogP contribution in [0.2, 0.25) is 0 Å². The van der Waals surface area contributed by atoms with Gasteiger partial charge in [0.25, 0.3) is 11.8 Å². The Morgan fingerprint density at radius 3 is 2.41 bits per heavy atom. The van der Waals surface area contributed by atoms with E-state index in [9.17, 15) is 9.59 Å².